The van der Waals surface area contributed by atoms with Crippen molar-refractivity contribution in [1.29, 1.82) is 0 Å². The molecule has 100 valence electrons. The molecule has 18 heavy (non-hydrogen) atoms. The summed E-state index contributed by atoms with van der Waals surface area (Å²) in [6.45, 7) is 1.02. The Hall–Kier alpha value is -1.11. The highest BCUT2D eigenvalue weighted by Gasteiger charge is 2.29. The van der Waals surface area contributed by atoms with E-state index in [1.54, 1.807) is 0 Å². The minimum Gasteiger partial charge on any atom is -0.381 e. The first-order chi connectivity index (χ1) is 8.63. The Kier molecular flexibility index (Phi) is 4.21. The third-order valence-electron chi connectivity index (χ3n) is 3.20. The molecule has 0 radical (unpaired) electrons. The number of rotatable bonds is 3. The second-order valence-corrected chi connectivity index (χ2v) is 4.40. The van der Waals surface area contributed by atoms with Crippen LogP contribution in [0.15, 0.2) is 12.1 Å². The Morgan fingerprint density at radius 1 is 1.28 bits per heavy atom. The number of nitrogens with one attached hydrogen (secondary N) is 1. The van der Waals surface area contributed by atoms with E-state index in [9.17, 15) is 13.2 Å². The van der Waals surface area contributed by atoms with Crippen molar-refractivity contribution in [1.82, 2.24) is 5.43 Å². The van der Waals surface area contributed by atoms with Crippen LogP contribution in [-0.2, 0) is 4.74 Å². The Balaban J connectivity index is 2.32. The van der Waals surface area contributed by atoms with Crippen LogP contribution in [0.5, 0.6) is 0 Å². The molecule has 1 aliphatic heterocycles. The third kappa shape index (κ3) is 2.66. The predicted octanol–water partition coefficient (Wildman–Crippen LogP) is 2.03. The molecule has 0 aromatic heterocycles. The number of hydrazine groups is 1. The zero-order chi connectivity index (χ0) is 13.1. The summed E-state index contributed by atoms with van der Waals surface area (Å²) in [6, 6.07) is 0.602. The molecular formula is C12H15F3N2O. The molecule has 2 unspecified atom stereocenters. The molecular weight excluding hydrogens is 245 g/mol. The van der Waals surface area contributed by atoms with Gasteiger partial charge in [-0.3, -0.25) is 11.3 Å². The Morgan fingerprint density at radius 2 is 1.94 bits per heavy atom. The van der Waals surface area contributed by atoms with Crippen molar-refractivity contribution < 1.29 is 17.9 Å². The number of ether oxygens (including phenoxy) is 1. The van der Waals surface area contributed by atoms with Crippen molar-refractivity contribution >= 4 is 0 Å². The number of benzene rings is 1. The monoisotopic (exact) mass is 260 g/mol. The lowest BCUT2D eigenvalue weighted by molar-refractivity contribution is 0.0379. The first-order valence-corrected chi connectivity index (χ1v) is 5.81. The SMILES string of the molecule is NNC(c1c(F)cc(F)cc1F)C1CCCOC1. The highest BCUT2D eigenvalue weighted by molar-refractivity contribution is 5.25. The van der Waals surface area contributed by atoms with Gasteiger partial charge < -0.3 is 4.74 Å². The van der Waals surface area contributed by atoms with Crippen LogP contribution in [-0.4, -0.2) is 13.2 Å². The summed E-state index contributed by atoms with van der Waals surface area (Å²) in [5.74, 6) is 2.45. The molecule has 6 heteroatoms. The Labute approximate surface area is 103 Å². The highest BCUT2D eigenvalue weighted by atomic mass is 19.1. The van der Waals surface area contributed by atoms with E-state index >= 15 is 0 Å². The second-order valence-electron chi connectivity index (χ2n) is 4.40. The molecule has 1 saturated heterocycles. The quantitative estimate of drug-likeness (QED) is 0.646. The van der Waals surface area contributed by atoms with Crippen molar-refractivity contribution in [2.45, 2.75) is 18.9 Å². The summed E-state index contributed by atoms with van der Waals surface area (Å²) in [5, 5.41) is 0. The maximum Gasteiger partial charge on any atom is 0.133 e. The first-order valence-electron chi connectivity index (χ1n) is 5.81. The minimum absolute atomic E-state index is 0.127. The van der Waals surface area contributed by atoms with Gasteiger partial charge in [-0.25, -0.2) is 13.2 Å². The molecule has 1 fully saturated rings. The van der Waals surface area contributed by atoms with Crippen molar-refractivity contribution in [3.8, 4) is 0 Å². The predicted molar refractivity (Wildman–Crippen MR) is 59.9 cm³/mol. The topological polar surface area (TPSA) is 47.3 Å². The molecule has 1 aromatic rings. The van der Waals surface area contributed by atoms with Crippen LogP contribution in [0.1, 0.15) is 24.4 Å². The van der Waals surface area contributed by atoms with Gasteiger partial charge in [-0.15, -0.1) is 0 Å². The van der Waals surface area contributed by atoms with Crippen molar-refractivity contribution in [2.75, 3.05) is 13.2 Å². The summed E-state index contributed by atoms with van der Waals surface area (Å²) in [6.07, 6.45) is 1.57. The van der Waals surface area contributed by atoms with Gasteiger partial charge >= 0.3 is 0 Å². The van der Waals surface area contributed by atoms with Gasteiger partial charge in [0, 0.05) is 30.2 Å². The summed E-state index contributed by atoms with van der Waals surface area (Å²) >= 11 is 0. The molecule has 0 amide bonds. The largest absolute Gasteiger partial charge is 0.381 e. The van der Waals surface area contributed by atoms with Crippen LogP contribution in [0.3, 0.4) is 0 Å². The van der Waals surface area contributed by atoms with Crippen molar-refractivity contribution in [3.63, 3.8) is 0 Å². The molecule has 1 aliphatic rings. The van der Waals surface area contributed by atoms with E-state index in [1.807, 2.05) is 0 Å². The van der Waals surface area contributed by atoms with Gasteiger partial charge in [0.15, 0.2) is 0 Å². The fourth-order valence-electron chi connectivity index (χ4n) is 2.33. The molecule has 1 aromatic carbocycles. The molecule has 0 saturated carbocycles. The minimum atomic E-state index is -0.940. The summed E-state index contributed by atoms with van der Waals surface area (Å²) < 4.78 is 45.5. The van der Waals surface area contributed by atoms with E-state index in [-0.39, 0.29) is 11.5 Å². The molecule has 2 atom stereocenters. The van der Waals surface area contributed by atoms with Crippen LogP contribution in [0.2, 0.25) is 0 Å². The van der Waals surface area contributed by atoms with Gasteiger partial charge in [0.1, 0.15) is 17.5 Å². The summed E-state index contributed by atoms with van der Waals surface area (Å²) in [4.78, 5) is 0. The van der Waals surface area contributed by atoms with Gasteiger partial charge in [-0.05, 0) is 12.8 Å². The lowest BCUT2D eigenvalue weighted by atomic mass is 9.88. The number of nitrogens with two attached hydrogens (primary N) is 1. The first kappa shape index (κ1) is 13.3. The van der Waals surface area contributed by atoms with Crippen LogP contribution in [0.25, 0.3) is 0 Å². The third-order valence-corrected chi connectivity index (χ3v) is 3.20. The van der Waals surface area contributed by atoms with E-state index in [1.165, 1.54) is 0 Å². The lowest BCUT2D eigenvalue weighted by Crippen LogP contribution is -2.38. The van der Waals surface area contributed by atoms with Gasteiger partial charge in [0.05, 0.1) is 12.6 Å². The van der Waals surface area contributed by atoms with Gasteiger partial charge in [0.25, 0.3) is 0 Å². The standard InChI is InChI=1S/C12H15F3N2O/c13-8-4-9(14)11(10(15)5-8)12(17-16)7-2-1-3-18-6-7/h4-5,7,12,17H,1-3,6,16H2. The fraction of sp³-hybridized carbons (Fsp3) is 0.500. The Bertz CT molecular complexity index is 399. The average molecular weight is 260 g/mol. The number of halogens is 3. The fourth-order valence-corrected chi connectivity index (χ4v) is 2.33. The lowest BCUT2D eigenvalue weighted by Gasteiger charge is -2.30. The molecule has 3 N–H and O–H groups in total. The molecule has 0 bridgehead atoms. The van der Waals surface area contributed by atoms with Crippen LogP contribution in [0, 0.1) is 23.4 Å². The summed E-state index contributed by atoms with van der Waals surface area (Å²) in [5.41, 5.74) is 2.18. The number of hydrogen-bond acceptors (Lipinski definition) is 3. The van der Waals surface area contributed by atoms with E-state index in [4.69, 9.17) is 10.6 Å². The van der Waals surface area contributed by atoms with Crippen LogP contribution in [0.4, 0.5) is 13.2 Å². The van der Waals surface area contributed by atoms with E-state index < -0.39 is 23.5 Å². The van der Waals surface area contributed by atoms with Crippen molar-refractivity contribution in [2.24, 2.45) is 11.8 Å². The normalized spacial score (nSPS) is 21.9. The van der Waals surface area contributed by atoms with Gasteiger partial charge in [-0.2, -0.15) is 0 Å². The average Bonchev–Trinajstić information content (AvgIpc) is 2.34. The van der Waals surface area contributed by atoms with Gasteiger partial charge in [0.2, 0.25) is 0 Å². The summed E-state index contributed by atoms with van der Waals surface area (Å²) in [7, 11) is 0. The highest BCUT2D eigenvalue weighted by Crippen LogP contribution is 2.31. The Morgan fingerprint density at radius 3 is 2.44 bits per heavy atom. The van der Waals surface area contributed by atoms with E-state index in [0.29, 0.717) is 25.3 Å². The molecule has 0 spiro atoms. The van der Waals surface area contributed by atoms with Crippen LogP contribution >= 0.6 is 0 Å². The van der Waals surface area contributed by atoms with Crippen molar-refractivity contribution in [3.05, 3.63) is 35.1 Å². The molecule has 0 aliphatic carbocycles. The second kappa shape index (κ2) is 5.69. The molecule has 2 rings (SSSR count). The maximum absolute atomic E-state index is 13.7. The zero-order valence-electron chi connectivity index (χ0n) is 9.76. The van der Waals surface area contributed by atoms with Gasteiger partial charge in [-0.1, -0.05) is 0 Å². The number of hydrogen-bond donors (Lipinski definition) is 2. The van der Waals surface area contributed by atoms with Crippen LogP contribution < -0.4 is 11.3 Å². The molecule has 3 nitrogen and oxygen atoms in total. The zero-order valence-corrected chi connectivity index (χ0v) is 9.76. The smallest absolute Gasteiger partial charge is 0.133 e. The van der Waals surface area contributed by atoms with E-state index in [2.05, 4.69) is 5.43 Å². The maximum atomic E-state index is 13.7. The van der Waals surface area contributed by atoms with E-state index in [0.717, 1.165) is 12.8 Å². The molecule has 1 heterocycles.